The third kappa shape index (κ3) is 3.30. The molecule has 0 aliphatic heterocycles. The minimum Gasteiger partial charge on any atom is -0.362 e. The van der Waals surface area contributed by atoms with Gasteiger partial charge < -0.3 is 5.53 Å². The summed E-state index contributed by atoms with van der Waals surface area (Å²) in [5.41, 5.74) is 13.1. The van der Waals surface area contributed by atoms with Crippen LogP contribution in [0.3, 0.4) is 0 Å². The van der Waals surface area contributed by atoms with Gasteiger partial charge in [-0.1, -0.05) is 106 Å². The standard InChI is InChI=1S/C24H38N2Si/c1-21(2,3)18-19(22(4,5)6)24(18,23(7,8)9)20(26-25)27(10,11)17-15-13-12-14-16-17/h12-16H,1-11H3. The van der Waals surface area contributed by atoms with E-state index in [-0.39, 0.29) is 21.7 Å². The molecule has 0 N–H and O–H groups in total. The van der Waals surface area contributed by atoms with Gasteiger partial charge in [-0.15, -0.1) is 0 Å². The third-order valence-corrected chi connectivity index (χ3v) is 9.54. The number of nitrogens with zero attached hydrogens (tertiary/aromatic N) is 2. The van der Waals surface area contributed by atoms with Crippen molar-refractivity contribution in [1.82, 2.24) is 0 Å². The molecule has 0 saturated carbocycles. The molecule has 1 aliphatic carbocycles. The van der Waals surface area contributed by atoms with Crippen LogP contribution in [0.2, 0.25) is 13.1 Å². The second-order valence-corrected chi connectivity index (χ2v) is 16.0. The zero-order valence-electron chi connectivity index (χ0n) is 19.3. The van der Waals surface area contributed by atoms with Crippen LogP contribution >= 0.6 is 0 Å². The zero-order chi connectivity index (χ0) is 21.1. The van der Waals surface area contributed by atoms with Crippen molar-refractivity contribution in [2.75, 3.05) is 0 Å². The summed E-state index contributed by atoms with van der Waals surface area (Å²) in [4.78, 5) is 4.10. The summed E-state index contributed by atoms with van der Waals surface area (Å²) in [5, 5.41) is 2.32. The van der Waals surface area contributed by atoms with Crippen molar-refractivity contribution < 1.29 is 4.79 Å². The highest BCUT2D eigenvalue weighted by Crippen LogP contribution is 2.73. The molecule has 0 amide bonds. The van der Waals surface area contributed by atoms with Crippen molar-refractivity contribution in [1.29, 1.82) is 0 Å². The summed E-state index contributed by atoms with van der Waals surface area (Å²) in [6, 6.07) is 10.6. The first kappa shape index (κ1) is 21.9. The van der Waals surface area contributed by atoms with Gasteiger partial charge in [-0.05, 0) is 32.6 Å². The maximum Gasteiger partial charge on any atom is 0.256 e. The SMILES string of the molecule is CC(C)(C)C1=C(C(C)(C)C)C1(C(=[N+]=[N-])[Si](C)(C)c1ccccc1)C(C)(C)C. The molecule has 0 spiro atoms. The Morgan fingerprint density at radius 3 is 1.52 bits per heavy atom. The van der Waals surface area contributed by atoms with Gasteiger partial charge in [-0.3, -0.25) is 0 Å². The summed E-state index contributed by atoms with van der Waals surface area (Å²) in [5.74, 6) is 0. The van der Waals surface area contributed by atoms with Gasteiger partial charge in [0.1, 0.15) is 5.41 Å². The van der Waals surface area contributed by atoms with Gasteiger partial charge >= 0.3 is 0 Å². The minimum absolute atomic E-state index is 0.0347. The van der Waals surface area contributed by atoms with Crippen molar-refractivity contribution in [2.24, 2.45) is 21.7 Å². The highest BCUT2D eigenvalue weighted by molar-refractivity contribution is 7.14. The van der Waals surface area contributed by atoms with Crippen LogP contribution in [0, 0.1) is 21.7 Å². The molecule has 148 valence electrons. The molecule has 0 unspecified atom stereocenters. The van der Waals surface area contributed by atoms with Gasteiger partial charge in [-0.25, -0.2) is 0 Å². The van der Waals surface area contributed by atoms with E-state index in [9.17, 15) is 5.53 Å². The van der Waals surface area contributed by atoms with Crippen molar-refractivity contribution in [3.8, 4) is 0 Å². The highest BCUT2D eigenvalue weighted by atomic mass is 28.3. The van der Waals surface area contributed by atoms with E-state index in [1.165, 1.54) is 16.3 Å². The molecule has 0 heterocycles. The van der Waals surface area contributed by atoms with Crippen LogP contribution in [0.15, 0.2) is 41.5 Å². The maximum atomic E-state index is 10.4. The monoisotopic (exact) mass is 382 g/mol. The average Bonchev–Trinajstić information content (AvgIpc) is 3.20. The van der Waals surface area contributed by atoms with Gasteiger partial charge in [0, 0.05) is 0 Å². The lowest BCUT2D eigenvalue weighted by atomic mass is 9.67. The van der Waals surface area contributed by atoms with Crippen molar-refractivity contribution in [3.05, 3.63) is 47.0 Å². The molecule has 1 aromatic rings. The van der Waals surface area contributed by atoms with Crippen LogP contribution in [-0.4, -0.2) is 18.2 Å². The predicted molar refractivity (Wildman–Crippen MR) is 120 cm³/mol. The summed E-state index contributed by atoms with van der Waals surface area (Å²) in [6.45, 7) is 25.4. The van der Waals surface area contributed by atoms with Crippen LogP contribution < -0.4 is 5.19 Å². The molecule has 0 saturated heterocycles. The molecule has 0 radical (unpaired) electrons. The quantitative estimate of drug-likeness (QED) is 0.195. The Morgan fingerprint density at radius 1 is 0.815 bits per heavy atom. The van der Waals surface area contributed by atoms with Gasteiger partial charge in [0.2, 0.25) is 8.07 Å². The lowest BCUT2D eigenvalue weighted by Crippen LogP contribution is -2.58. The molecule has 0 fully saturated rings. The van der Waals surface area contributed by atoms with Crippen molar-refractivity contribution in [2.45, 2.75) is 75.4 Å². The first-order chi connectivity index (χ1) is 12.0. The molecule has 0 aromatic heterocycles. The van der Waals surface area contributed by atoms with Crippen LogP contribution in [-0.2, 0) is 0 Å². The molecule has 1 aromatic carbocycles. The third-order valence-electron chi connectivity index (χ3n) is 6.11. The number of allylic oxidation sites excluding steroid dienone is 2. The Balaban J connectivity index is 2.82. The van der Waals surface area contributed by atoms with E-state index in [0.717, 1.165) is 5.33 Å². The lowest BCUT2D eigenvalue weighted by Gasteiger charge is -2.39. The number of hydrogen-bond donors (Lipinski definition) is 0. The molecular formula is C24H38N2Si. The molecule has 0 atom stereocenters. The number of rotatable bonds is 3. The fourth-order valence-corrected chi connectivity index (χ4v) is 8.27. The highest BCUT2D eigenvalue weighted by Gasteiger charge is 2.74. The summed E-state index contributed by atoms with van der Waals surface area (Å²) < 4.78 is 0. The fourth-order valence-electron chi connectivity index (χ4n) is 5.16. The maximum absolute atomic E-state index is 10.4. The largest absolute Gasteiger partial charge is 0.362 e. The predicted octanol–water partition coefficient (Wildman–Crippen LogP) is 6.25. The molecular weight excluding hydrogens is 344 g/mol. The number of hydrogen-bond acceptors (Lipinski definition) is 0. The van der Waals surface area contributed by atoms with E-state index in [2.05, 4.69) is 111 Å². The van der Waals surface area contributed by atoms with E-state index in [4.69, 9.17) is 0 Å². The number of benzene rings is 1. The van der Waals surface area contributed by atoms with Gasteiger partial charge in [0.05, 0.1) is 0 Å². The summed E-state index contributed by atoms with van der Waals surface area (Å²) in [6.07, 6.45) is 0. The topological polar surface area (TPSA) is 36.4 Å². The second kappa shape index (κ2) is 6.29. The molecule has 2 rings (SSSR count). The average molecular weight is 383 g/mol. The van der Waals surface area contributed by atoms with Crippen LogP contribution in [0.25, 0.3) is 5.53 Å². The van der Waals surface area contributed by atoms with E-state index < -0.39 is 8.07 Å². The Kier molecular flexibility index (Phi) is 5.09. The molecule has 0 bridgehead atoms. The summed E-state index contributed by atoms with van der Waals surface area (Å²) in [7, 11) is -2.17. The minimum atomic E-state index is -2.17. The van der Waals surface area contributed by atoms with Crippen LogP contribution in [0.1, 0.15) is 62.3 Å². The van der Waals surface area contributed by atoms with Crippen LogP contribution in [0.5, 0.6) is 0 Å². The van der Waals surface area contributed by atoms with Gasteiger partial charge in [-0.2, -0.15) is 4.79 Å². The van der Waals surface area contributed by atoms with Crippen molar-refractivity contribution in [3.63, 3.8) is 0 Å². The van der Waals surface area contributed by atoms with Gasteiger partial charge in [0.15, 0.2) is 0 Å². The van der Waals surface area contributed by atoms with Crippen molar-refractivity contribution >= 4 is 18.6 Å². The fraction of sp³-hybridized carbons (Fsp3) is 0.625. The summed E-state index contributed by atoms with van der Waals surface area (Å²) >= 11 is 0. The second-order valence-electron chi connectivity index (χ2n) is 11.7. The van der Waals surface area contributed by atoms with Gasteiger partial charge in [0.25, 0.3) is 5.33 Å². The first-order valence-electron chi connectivity index (χ1n) is 10.1. The Morgan fingerprint density at radius 2 is 1.22 bits per heavy atom. The van der Waals surface area contributed by atoms with E-state index in [1.54, 1.807) is 0 Å². The Hall–Kier alpha value is -1.44. The van der Waals surface area contributed by atoms with E-state index in [0.29, 0.717) is 0 Å². The first-order valence-corrected chi connectivity index (χ1v) is 13.1. The Labute approximate surface area is 167 Å². The van der Waals surface area contributed by atoms with E-state index in [1.807, 2.05) is 0 Å². The molecule has 2 nitrogen and oxygen atoms in total. The smallest absolute Gasteiger partial charge is 0.256 e. The Bertz CT molecular complexity index is 779. The molecule has 1 aliphatic rings. The molecule has 27 heavy (non-hydrogen) atoms. The van der Waals surface area contributed by atoms with E-state index >= 15 is 0 Å². The molecule has 3 heteroatoms. The normalized spacial score (nSPS) is 17.6. The zero-order valence-corrected chi connectivity index (χ0v) is 20.3. The van der Waals surface area contributed by atoms with Crippen LogP contribution in [0.4, 0.5) is 0 Å². The lowest BCUT2D eigenvalue weighted by molar-refractivity contribution is -0.0162.